The molecule has 0 amide bonds. The third-order valence-corrected chi connectivity index (χ3v) is 13.5. The summed E-state index contributed by atoms with van der Waals surface area (Å²) in [7, 11) is 0. The minimum atomic E-state index is -0.0104. The van der Waals surface area contributed by atoms with E-state index < -0.39 is 0 Å². The molecule has 0 fully saturated rings. The van der Waals surface area contributed by atoms with Crippen molar-refractivity contribution in [3.05, 3.63) is 187 Å². The average Bonchev–Trinajstić information content (AvgIpc) is 3.65. The second-order valence-corrected chi connectivity index (χ2v) is 19.5. The van der Waals surface area contributed by atoms with Crippen LogP contribution in [0.15, 0.2) is 180 Å². The zero-order valence-corrected chi connectivity index (χ0v) is 36.1. The molecule has 0 bridgehead atoms. The smallest absolute Gasteiger partial charge is 0.252 e. The summed E-state index contributed by atoms with van der Waals surface area (Å²) in [6.07, 6.45) is 0. The lowest BCUT2D eigenvalue weighted by Gasteiger charge is -2.45. The van der Waals surface area contributed by atoms with Gasteiger partial charge in [-0.25, -0.2) is 0 Å². The van der Waals surface area contributed by atoms with Gasteiger partial charge in [-0.3, -0.25) is 0 Å². The average molecular weight is 799 g/mol. The largest absolute Gasteiger partial charge is 0.456 e. The second-order valence-electron chi connectivity index (χ2n) is 19.5. The van der Waals surface area contributed by atoms with Crippen molar-refractivity contribution in [2.45, 2.75) is 52.4 Å². The Morgan fingerprint density at radius 1 is 0.387 bits per heavy atom. The number of anilines is 6. The van der Waals surface area contributed by atoms with Gasteiger partial charge in [0.1, 0.15) is 11.2 Å². The van der Waals surface area contributed by atoms with Crippen LogP contribution in [-0.4, -0.2) is 6.71 Å². The number of nitrogens with zero attached hydrogens (tertiary/aromatic N) is 2. The quantitative estimate of drug-likeness (QED) is 0.166. The fraction of sp³-hybridized carbons (Fsp3) is 0.138. The van der Waals surface area contributed by atoms with Gasteiger partial charge in [-0.1, -0.05) is 151 Å². The van der Waals surface area contributed by atoms with E-state index in [1.807, 2.05) is 6.07 Å². The highest BCUT2D eigenvalue weighted by atomic mass is 16.3. The minimum absolute atomic E-state index is 0.0104. The zero-order valence-electron chi connectivity index (χ0n) is 36.1. The van der Waals surface area contributed by atoms with Crippen LogP contribution in [0, 0.1) is 0 Å². The maximum Gasteiger partial charge on any atom is 0.252 e. The van der Waals surface area contributed by atoms with Crippen molar-refractivity contribution in [1.82, 2.24) is 0 Å². The Bertz CT molecular complexity index is 3270. The molecule has 4 heteroatoms. The molecule has 9 aromatic carbocycles. The molecule has 0 unspecified atom stereocenters. The standard InChI is InChI=1S/C58H47BN2O/c1-57(2,3)42-20-24-44(25-21-42)60-50-32-38-15-9-7-13-36(38)30-48(50)59-49-31-37-14-8-10-16-39(37)33-51(49)61(45-26-22-43(23-27-45)58(4,5)6)53-35-41(34-52(60)56(53)59)40-19-28-55-47(29-40)46-17-11-12-18-54(46)62-55/h7-35H,1-6H3. The molecular weight excluding hydrogens is 751 g/mol. The van der Waals surface area contributed by atoms with Gasteiger partial charge in [0.2, 0.25) is 0 Å². The predicted octanol–water partition coefficient (Wildman–Crippen LogP) is 14.2. The lowest BCUT2D eigenvalue weighted by Crippen LogP contribution is -2.61. The van der Waals surface area contributed by atoms with Crippen molar-refractivity contribution in [1.29, 1.82) is 0 Å². The van der Waals surface area contributed by atoms with Crippen LogP contribution in [0.3, 0.4) is 0 Å². The number of benzene rings is 9. The van der Waals surface area contributed by atoms with E-state index in [0.717, 1.165) is 44.4 Å². The lowest BCUT2D eigenvalue weighted by atomic mass is 9.33. The fourth-order valence-corrected chi connectivity index (χ4v) is 10.2. The SMILES string of the molecule is CC(C)(C)c1ccc(N2c3cc4ccccc4cc3B3c4cc5ccccc5cc4N(c4ccc(C(C)(C)C)cc4)c4cc(-c5ccc6oc7ccccc7c6c5)cc2c43)cc1. The molecule has 10 aromatic rings. The highest BCUT2D eigenvalue weighted by Gasteiger charge is 2.44. The molecule has 0 radical (unpaired) electrons. The first-order valence-corrected chi connectivity index (χ1v) is 21.9. The summed E-state index contributed by atoms with van der Waals surface area (Å²) in [6, 6.07) is 66.1. The summed E-state index contributed by atoms with van der Waals surface area (Å²) in [6.45, 7) is 13.7. The van der Waals surface area contributed by atoms with Crippen molar-refractivity contribution in [3.63, 3.8) is 0 Å². The lowest BCUT2D eigenvalue weighted by molar-refractivity contribution is 0.590. The van der Waals surface area contributed by atoms with E-state index >= 15 is 0 Å². The number of fused-ring (bicyclic) bond motifs is 9. The molecule has 12 rings (SSSR count). The molecule has 2 aliphatic heterocycles. The Morgan fingerprint density at radius 3 is 1.34 bits per heavy atom. The Kier molecular flexibility index (Phi) is 7.85. The number of hydrogen-bond acceptors (Lipinski definition) is 3. The summed E-state index contributed by atoms with van der Waals surface area (Å²) < 4.78 is 6.35. The van der Waals surface area contributed by atoms with Gasteiger partial charge in [-0.05, 0) is 138 Å². The van der Waals surface area contributed by atoms with Crippen molar-refractivity contribution < 1.29 is 4.42 Å². The summed E-state index contributed by atoms with van der Waals surface area (Å²) in [5.74, 6) is 0. The van der Waals surface area contributed by atoms with Crippen LogP contribution < -0.4 is 26.2 Å². The van der Waals surface area contributed by atoms with Gasteiger partial charge in [0.05, 0.1) is 0 Å². The van der Waals surface area contributed by atoms with Gasteiger partial charge in [-0.2, -0.15) is 0 Å². The van der Waals surface area contributed by atoms with Crippen molar-refractivity contribution in [3.8, 4) is 11.1 Å². The zero-order chi connectivity index (χ0) is 42.1. The third-order valence-electron chi connectivity index (χ3n) is 13.5. The molecule has 0 N–H and O–H groups in total. The monoisotopic (exact) mass is 798 g/mol. The Balaban J connectivity index is 1.21. The van der Waals surface area contributed by atoms with E-state index in [1.54, 1.807) is 0 Å². The van der Waals surface area contributed by atoms with E-state index in [0.29, 0.717) is 0 Å². The van der Waals surface area contributed by atoms with Crippen LogP contribution >= 0.6 is 0 Å². The van der Waals surface area contributed by atoms with Crippen LogP contribution in [0.5, 0.6) is 0 Å². The Labute approximate surface area is 363 Å². The summed E-state index contributed by atoms with van der Waals surface area (Å²) in [5.41, 5.74) is 17.9. The van der Waals surface area contributed by atoms with Crippen LogP contribution in [0.25, 0.3) is 54.6 Å². The first kappa shape index (κ1) is 36.8. The van der Waals surface area contributed by atoms with Crippen LogP contribution in [0.1, 0.15) is 52.7 Å². The molecule has 3 nitrogen and oxygen atoms in total. The van der Waals surface area contributed by atoms with Gasteiger partial charge >= 0.3 is 0 Å². The predicted molar refractivity (Wildman–Crippen MR) is 266 cm³/mol. The van der Waals surface area contributed by atoms with Gasteiger partial charge in [0.15, 0.2) is 0 Å². The molecule has 0 aliphatic carbocycles. The molecule has 3 heterocycles. The highest BCUT2D eigenvalue weighted by molar-refractivity contribution is 7.00. The van der Waals surface area contributed by atoms with Gasteiger partial charge < -0.3 is 14.2 Å². The van der Waals surface area contributed by atoms with Gasteiger partial charge in [0, 0.05) is 44.9 Å². The molecule has 62 heavy (non-hydrogen) atoms. The number of rotatable bonds is 3. The Morgan fingerprint density at radius 2 is 0.839 bits per heavy atom. The Hall–Kier alpha value is -7.04. The highest BCUT2D eigenvalue weighted by Crippen LogP contribution is 2.48. The molecule has 0 spiro atoms. The first-order valence-electron chi connectivity index (χ1n) is 21.9. The third kappa shape index (κ3) is 5.66. The van der Waals surface area contributed by atoms with Gasteiger partial charge in [-0.15, -0.1) is 0 Å². The minimum Gasteiger partial charge on any atom is -0.456 e. The summed E-state index contributed by atoms with van der Waals surface area (Å²) >= 11 is 0. The van der Waals surface area contributed by atoms with E-state index in [2.05, 4.69) is 221 Å². The van der Waals surface area contributed by atoms with Crippen LogP contribution in [-0.2, 0) is 10.8 Å². The molecule has 1 aromatic heterocycles. The topological polar surface area (TPSA) is 19.6 Å². The molecule has 0 atom stereocenters. The maximum absolute atomic E-state index is 6.35. The number of furan rings is 1. The fourth-order valence-electron chi connectivity index (χ4n) is 10.2. The van der Waals surface area contributed by atoms with E-state index in [1.165, 1.54) is 71.8 Å². The normalized spacial score (nSPS) is 13.5. The van der Waals surface area contributed by atoms with Gasteiger partial charge in [0.25, 0.3) is 6.71 Å². The number of para-hydroxylation sites is 1. The summed E-state index contributed by atoms with van der Waals surface area (Å²) in [5, 5.41) is 7.22. The van der Waals surface area contributed by atoms with Crippen molar-refractivity contribution in [2.24, 2.45) is 0 Å². The van der Waals surface area contributed by atoms with E-state index in [4.69, 9.17) is 4.42 Å². The van der Waals surface area contributed by atoms with Crippen molar-refractivity contribution in [2.75, 3.05) is 9.80 Å². The molecular formula is C58H47BN2O. The maximum atomic E-state index is 6.35. The van der Waals surface area contributed by atoms with Crippen LogP contribution in [0.2, 0.25) is 0 Å². The molecule has 298 valence electrons. The van der Waals surface area contributed by atoms with E-state index in [9.17, 15) is 0 Å². The first-order chi connectivity index (χ1) is 30.0. The summed E-state index contributed by atoms with van der Waals surface area (Å²) in [4.78, 5) is 5.09. The van der Waals surface area contributed by atoms with E-state index in [-0.39, 0.29) is 17.5 Å². The second kappa shape index (κ2) is 13.2. The van der Waals surface area contributed by atoms with Crippen molar-refractivity contribution >= 4 is 101 Å². The number of hydrogen-bond donors (Lipinski definition) is 0. The molecule has 0 saturated heterocycles. The van der Waals surface area contributed by atoms with Crippen LogP contribution in [0.4, 0.5) is 34.1 Å². The molecule has 2 aliphatic rings. The molecule has 0 saturated carbocycles.